The highest BCUT2D eigenvalue weighted by Crippen LogP contribution is 2.14. The van der Waals surface area contributed by atoms with E-state index in [0.717, 1.165) is 19.5 Å². The van der Waals surface area contributed by atoms with Crippen LogP contribution in [0, 0.1) is 6.92 Å². The molecule has 0 aromatic carbocycles. The number of nitrogens with one attached hydrogen (secondary N) is 1. The molecule has 0 aliphatic heterocycles. The second kappa shape index (κ2) is 5.77. The molecule has 2 aromatic rings. The monoisotopic (exact) mass is 232 g/mol. The van der Waals surface area contributed by atoms with Gasteiger partial charge in [0.05, 0.1) is 0 Å². The van der Waals surface area contributed by atoms with E-state index in [-0.39, 0.29) is 0 Å². The third kappa shape index (κ3) is 3.43. The number of hydrogen-bond acceptors (Lipinski definition) is 3. The van der Waals surface area contributed by atoms with E-state index < -0.39 is 0 Å². The quantitative estimate of drug-likeness (QED) is 0.802. The third-order valence-electron chi connectivity index (χ3n) is 2.44. The van der Waals surface area contributed by atoms with Gasteiger partial charge >= 0.3 is 0 Å². The van der Waals surface area contributed by atoms with Crippen molar-refractivity contribution in [3.63, 3.8) is 0 Å². The maximum Gasteiger partial charge on any atom is 0.0299 e. The van der Waals surface area contributed by atoms with Crippen LogP contribution < -0.4 is 5.32 Å². The molecule has 2 rings (SSSR count). The molecule has 0 atom stereocenters. The average molecular weight is 232 g/mol. The fraction of sp³-hybridized carbons (Fsp3) is 0.308. The van der Waals surface area contributed by atoms with Crippen LogP contribution in [0.2, 0.25) is 0 Å². The Bertz CT molecular complexity index is 423. The lowest BCUT2D eigenvalue weighted by Crippen LogP contribution is -2.15. The topological polar surface area (TPSA) is 24.9 Å². The van der Waals surface area contributed by atoms with Gasteiger partial charge in [-0.1, -0.05) is 0 Å². The molecule has 84 valence electrons. The van der Waals surface area contributed by atoms with Gasteiger partial charge in [-0.2, -0.15) is 0 Å². The first-order valence-corrected chi connectivity index (χ1v) is 6.31. The number of nitrogens with zero attached hydrogens (tertiary/aromatic N) is 1. The minimum absolute atomic E-state index is 0.976. The second-order valence-electron chi connectivity index (χ2n) is 3.79. The Morgan fingerprint density at radius 1 is 1.19 bits per heavy atom. The summed E-state index contributed by atoms with van der Waals surface area (Å²) in [5.74, 6) is 0. The van der Waals surface area contributed by atoms with E-state index in [0.29, 0.717) is 0 Å². The summed E-state index contributed by atoms with van der Waals surface area (Å²) < 4.78 is 0. The van der Waals surface area contributed by atoms with Gasteiger partial charge in [-0.3, -0.25) is 4.98 Å². The zero-order valence-corrected chi connectivity index (χ0v) is 10.3. The van der Waals surface area contributed by atoms with Gasteiger partial charge in [-0.15, -0.1) is 11.3 Å². The van der Waals surface area contributed by atoms with Crippen molar-refractivity contribution in [3.05, 3.63) is 52.0 Å². The molecule has 16 heavy (non-hydrogen) atoms. The molecule has 0 saturated carbocycles. The lowest BCUT2D eigenvalue weighted by atomic mass is 10.2. The summed E-state index contributed by atoms with van der Waals surface area (Å²) in [6.07, 6.45) is 4.75. The highest BCUT2D eigenvalue weighted by molar-refractivity contribution is 7.11. The normalized spacial score (nSPS) is 10.6. The van der Waals surface area contributed by atoms with Crippen LogP contribution in [0.5, 0.6) is 0 Å². The Morgan fingerprint density at radius 3 is 2.69 bits per heavy atom. The van der Waals surface area contributed by atoms with Gasteiger partial charge in [0.1, 0.15) is 0 Å². The van der Waals surface area contributed by atoms with Crippen molar-refractivity contribution in [1.29, 1.82) is 0 Å². The average Bonchev–Trinajstić information content (AvgIpc) is 2.72. The number of aromatic nitrogens is 1. The molecule has 0 radical (unpaired) electrons. The number of aryl methyl sites for hydroxylation is 1. The van der Waals surface area contributed by atoms with Crippen molar-refractivity contribution < 1.29 is 0 Å². The SMILES string of the molecule is Cc1ccc(CNCCc2ccncc2)s1. The number of rotatable bonds is 5. The molecular weight excluding hydrogens is 216 g/mol. The molecular formula is C13H16N2S. The molecule has 2 heterocycles. The van der Waals surface area contributed by atoms with Crippen molar-refractivity contribution >= 4 is 11.3 Å². The fourth-order valence-electron chi connectivity index (χ4n) is 1.57. The highest BCUT2D eigenvalue weighted by Gasteiger charge is 1.96. The van der Waals surface area contributed by atoms with Gasteiger partial charge in [0, 0.05) is 28.7 Å². The van der Waals surface area contributed by atoms with Crippen LogP contribution in [-0.2, 0) is 13.0 Å². The van der Waals surface area contributed by atoms with E-state index in [9.17, 15) is 0 Å². The molecule has 2 nitrogen and oxygen atoms in total. The Morgan fingerprint density at radius 2 is 2.00 bits per heavy atom. The van der Waals surface area contributed by atoms with Gasteiger partial charge in [-0.25, -0.2) is 0 Å². The first-order chi connectivity index (χ1) is 7.84. The van der Waals surface area contributed by atoms with Crippen LogP contribution in [-0.4, -0.2) is 11.5 Å². The lowest BCUT2D eigenvalue weighted by molar-refractivity contribution is 0.693. The predicted molar refractivity (Wildman–Crippen MR) is 68.7 cm³/mol. The van der Waals surface area contributed by atoms with E-state index in [1.165, 1.54) is 15.3 Å². The summed E-state index contributed by atoms with van der Waals surface area (Å²) in [7, 11) is 0. The standard InChI is InChI=1S/C13H16N2S/c1-11-2-3-13(16-11)10-15-9-6-12-4-7-14-8-5-12/h2-5,7-8,15H,6,9-10H2,1H3. The fourth-order valence-corrected chi connectivity index (χ4v) is 2.43. The lowest BCUT2D eigenvalue weighted by Gasteiger charge is -2.02. The van der Waals surface area contributed by atoms with E-state index in [1.807, 2.05) is 23.7 Å². The van der Waals surface area contributed by atoms with Crippen molar-refractivity contribution in [3.8, 4) is 0 Å². The molecule has 0 amide bonds. The Balaban J connectivity index is 1.69. The zero-order chi connectivity index (χ0) is 11.2. The van der Waals surface area contributed by atoms with Crippen molar-refractivity contribution in [1.82, 2.24) is 10.3 Å². The zero-order valence-electron chi connectivity index (χ0n) is 9.44. The van der Waals surface area contributed by atoms with Crippen molar-refractivity contribution in [2.45, 2.75) is 19.9 Å². The molecule has 0 aliphatic carbocycles. The van der Waals surface area contributed by atoms with Crippen LogP contribution in [0.15, 0.2) is 36.7 Å². The maximum absolute atomic E-state index is 4.01. The molecule has 2 aromatic heterocycles. The second-order valence-corrected chi connectivity index (χ2v) is 5.17. The van der Waals surface area contributed by atoms with E-state index in [4.69, 9.17) is 0 Å². The molecule has 0 saturated heterocycles. The number of pyridine rings is 1. The van der Waals surface area contributed by atoms with Crippen LogP contribution >= 0.6 is 11.3 Å². The van der Waals surface area contributed by atoms with E-state index in [1.54, 1.807) is 0 Å². The molecule has 0 unspecified atom stereocenters. The van der Waals surface area contributed by atoms with Gasteiger partial charge < -0.3 is 5.32 Å². The number of hydrogen-bond donors (Lipinski definition) is 1. The molecule has 0 fully saturated rings. The van der Waals surface area contributed by atoms with Crippen LogP contribution in [0.1, 0.15) is 15.3 Å². The Kier molecular flexibility index (Phi) is 4.08. The molecule has 0 spiro atoms. The molecule has 0 bridgehead atoms. The van der Waals surface area contributed by atoms with Gasteiger partial charge in [0.2, 0.25) is 0 Å². The minimum Gasteiger partial charge on any atom is -0.312 e. The first-order valence-electron chi connectivity index (χ1n) is 5.49. The predicted octanol–water partition coefficient (Wildman–Crippen LogP) is 2.78. The van der Waals surface area contributed by atoms with Crippen molar-refractivity contribution in [2.75, 3.05) is 6.54 Å². The van der Waals surface area contributed by atoms with E-state index >= 15 is 0 Å². The van der Waals surface area contributed by atoms with Gasteiger partial charge in [-0.05, 0) is 49.7 Å². The van der Waals surface area contributed by atoms with Crippen molar-refractivity contribution in [2.24, 2.45) is 0 Å². The summed E-state index contributed by atoms with van der Waals surface area (Å²) in [5, 5.41) is 3.45. The van der Waals surface area contributed by atoms with Crippen LogP contribution in [0.25, 0.3) is 0 Å². The Hall–Kier alpha value is -1.19. The maximum atomic E-state index is 4.01. The summed E-state index contributed by atoms with van der Waals surface area (Å²) in [5.41, 5.74) is 1.34. The summed E-state index contributed by atoms with van der Waals surface area (Å²) >= 11 is 1.86. The summed E-state index contributed by atoms with van der Waals surface area (Å²) in [6, 6.07) is 8.50. The largest absolute Gasteiger partial charge is 0.312 e. The smallest absolute Gasteiger partial charge is 0.0299 e. The summed E-state index contributed by atoms with van der Waals surface area (Å²) in [6.45, 7) is 4.13. The van der Waals surface area contributed by atoms with Gasteiger partial charge in [0.15, 0.2) is 0 Å². The van der Waals surface area contributed by atoms with E-state index in [2.05, 4.69) is 41.5 Å². The minimum atomic E-state index is 0.976. The molecule has 3 heteroatoms. The molecule has 1 N–H and O–H groups in total. The van der Waals surface area contributed by atoms with Crippen LogP contribution in [0.4, 0.5) is 0 Å². The van der Waals surface area contributed by atoms with Gasteiger partial charge in [0.25, 0.3) is 0 Å². The summed E-state index contributed by atoms with van der Waals surface area (Å²) in [4.78, 5) is 6.80. The highest BCUT2D eigenvalue weighted by atomic mass is 32.1. The number of thiophene rings is 1. The third-order valence-corrected chi connectivity index (χ3v) is 3.44. The molecule has 0 aliphatic rings. The first kappa shape index (κ1) is 11.3. The Labute approximate surface area is 100 Å². The van der Waals surface area contributed by atoms with Crippen LogP contribution in [0.3, 0.4) is 0 Å².